The van der Waals surface area contributed by atoms with Crippen molar-refractivity contribution in [1.29, 1.82) is 0 Å². The van der Waals surface area contributed by atoms with Crippen LogP contribution in [0.1, 0.15) is 25.6 Å². The molecule has 7 rings (SSSR count). The number of hydrogen-bond acceptors (Lipinski definition) is 3. The Balaban J connectivity index is 1.52. The molecule has 0 aliphatic heterocycles. The van der Waals surface area contributed by atoms with Crippen molar-refractivity contribution in [2.75, 3.05) is 5.32 Å². The Morgan fingerprint density at radius 3 is 1.86 bits per heavy atom. The van der Waals surface area contributed by atoms with Crippen LogP contribution in [-0.4, -0.2) is 9.97 Å². The second-order valence-corrected chi connectivity index (χ2v) is 13.2. The third-order valence-corrected chi connectivity index (χ3v) is 10.2. The van der Waals surface area contributed by atoms with Crippen molar-refractivity contribution in [2.24, 2.45) is 0 Å². The van der Waals surface area contributed by atoms with Gasteiger partial charge in [-0.15, -0.1) is 0 Å². The molecule has 0 unspecified atom stereocenters. The Morgan fingerprint density at radius 2 is 1.19 bits per heavy atom. The molecule has 0 saturated carbocycles. The van der Waals surface area contributed by atoms with Crippen molar-refractivity contribution in [3.8, 4) is 11.3 Å². The van der Waals surface area contributed by atoms with Crippen molar-refractivity contribution in [3.63, 3.8) is 0 Å². The average molecular weight is 574 g/mol. The zero-order valence-corrected chi connectivity index (χ0v) is 25.2. The number of anilines is 2. The first-order valence-electron chi connectivity index (χ1n) is 14.7. The molecule has 208 valence electrons. The van der Waals surface area contributed by atoms with Crippen LogP contribution >= 0.6 is 7.92 Å². The maximum atomic E-state index is 5.34. The lowest BCUT2D eigenvalue weighted by atomic mass is 9.98. The SMILES string of the molecule is CC(C)c1nc(-c2c(P(c3ccccc3)c3ccccc3)ccc3ccccc23)c2ccc(Nc3ccccc3)cc2n1. The normalized spacial score (nSPS) is 11.4. The summed E-state index contributed by atoms with van der Waals surface area (Å²) in [5.41, 5.74) is 5.18. The van der Waals surface area contributed by atoms with Crippen LogP contribution in [0.4, 0.5) is 11.4 Å². The van der Waals surface area contributed by atoms with Gasteiger partial charge in [-0.1, -0.05) is 129 Å². The van der Waals surface area contributed by atoms with E-state index < -0.39 is 7.92 Å². The van der Waals surface area contributed by atoms with Crippen LogP contribution in [0.2, 0.25) is 0 Å². The smallest absolute Gasteiger partial charge is 0.132 e. The van der Waals surface area contributed by atoms with Crippen molar-refractivity contribution < 1.29 is 0 Å². The summed E-state index contributed by atoms with van der Waals surface area (Å²) in [5.74, 6) is 1.03. The highest BCUT2D eigenvalue weighted by Crippen LogP contribution is 2.42. The minimum atomic E-state index is -0.856. The van der Waals surface area contributed by atoms with E-state index >= 15 is 0 Å². The number of hydrogen-bond donors (Lipinski definition) is 1. The van der Waals surface area contributed by atoms with Crippen LogP contribution in [0, 0.1) is 0 Å². The molecule has 0 amide bonds. The Hall–Kier alpha value is -4.85. The summed E-state index contributed by atoms with van der Waals surface area (Å²) >= 11 is 0. The van der Waals surface area contributed by atoms with Crippen molar-refractivity contribution in [2.45, 2.75) is 19.8 Å². The average Bonchev–Trinajstić information content (AvgIpc) is 3.05. The fraction of sp³-hybridized carbons (Fsp3) is 0.0769. The van der Waals surface area contributed by atoms with Gasteiger partial charge in [-0.3, -0.25) is 0 Å². The first-order chi connectivity index (χ1) is 21.2. The van der Waals surface area contributed by atoms with Gasteiger partial charge in [-0.05, 0) is 64.9 Å². The van der Waals surface area contributed by atoms with E-state index in [1.165, 1.54) is 32.2 Å². The van der Waals surface area contributed by atoms with Gasteiger partial charge in [0, 0.05) is 28.2 Å². The number of aromatic nitrogens is 2. The molecule has 0 fully saturated rings. The van der Waals surface area contributed by atoms with Gasteiger partial charge in [-0.25, -0.2) is 9.97 Å². The van der Waals surface area contributed by atoms with Gasteiger partial charge in [-0.2, -0.15) is 0 Å². The van der Waals surface area contributed by atoms with Crippen LogP contribution in [0.5, 0.6) is 0 Å². The molecule has 1 heterocycles. The second-order valence-electron chi connectivity index (χ2n) is 11.0. The Bertz CT molecular complexity index is 1980. The Kier molecular flexibility index (Phi) is 7.41. The van der Waals surface area contributed by atoms with E-state index in [1.54, 1.807) is 0 Å². The van der Waals surface area contributed by atoms with Gasteiger partial charge in [0.2, 0.25) is 0 Å². The molecule has 1 N–H and O–H groups in total. The van der Waals surface area contributed by atoms with Crippen LogP contribution < -0.4 is 21.2 Å². The summed E-state index contributed by atoms with van der Waals surface area (Å²) in [6.07, 6.45) is 0. The minimum absolute atomic E-state index is 0.178. The van der Waals surface area contributed by atoms with Crippen molar-refractivity contribution >= 4 is 56.9 Å². The first kappa shape index (κ1) is 27.0. The zero-order chi connectivity index (χ0) is 29.2. The topological polar surface area (TPSA) is 37.8 Å². The maximum Gasteiger partial charge on any atom is 0.132 e. The predicted octanol–water partition coefficient (Wildman–Crippen LogP) is 9.08. The summed E-state index contributed by atoms with van der Waals surface area (Å²) in [5, 5.41) is 10.9. The fourth-order valence-electron chi connectivity index (χ4n) is 5.64. The van der Waals surface area contributed by atoms with E-state index in [9.17, 15) is 0 Å². The van der Waals surface area contributed by atoms with E-state index in [1.807, 2.05) is 18.2 Å². The summed E-state index contributed by atoms with van der Waals surface area (Å²) in [4.78, 5) is 10.4. The molecule has 0 spiro atoms. The highest BCUT2D eigenvalue weighted by atomic mass is 31.1. The first-order valence-corrected chi connectivity index (χ1v) is 16.1. The number of rotatable bonds is 7. The van der Waals surface area contributed by atoms with Crippen LogP contribution in [0.25, 0.3) is 32.9 Å². The molecule has 4 heteroatoms. The molecule has 0 aliphatic rings. The zero-order valence-electron chi connectivity index (χ0n) is 24.3. The third-order valence-electron chi connectivity index (χ3n) is 7.71. The van der Waals surface area contributed by atoms with Gasteiger partial charge in [0.05, 0.1) is 11.2 Å². The van der Waals surface area contributed by atoms with Crippen molar-refractivity contribution in [3.05, 3.63) is 151 Å². The summed E-state index contributed by atoms with van der Waals surface area (Å²) in [6.45, 7) is 4.34. The Labute approximate surface area is 254 Å². The molecule has 0 aliphatic carbocycles. The molecule has 0 bridgehead atoms. The fourth-order valence-corrected chi connectivity index (χ4v) is 8.11. The van der Waals surface area contributed by atoms with Gasteiger partial charge < -0.3 is 5.32 Å². The van der Waals surface area contributed by atoms with Crippen LogP contribution in [0.15, 0.2) is 146 Å². The molecule has 6 aromatic carbocycles. The monoisotopic (exact) mass is 573 g/mol. The molecule has 0 radical (unpaired) electrons. The van der Waals surface area contributed by atoms with E-state index in [2.05, 4.69) is 147 Å². The molecular weight excluding hydrogens is 541 g/mol. The largest absolute Gasteiger partial charge is 0.355 e. The number of nitrogens with one attached hydrogen (secondary N) is 1. The van der Waals surface area contributed by atoms with Gasteiger partial charge in [0.1, 0.15) is 5.82 Å². The quantitative estimate of drug-likeness (QED) is 0.193. The number of benzene rings is 6. The lowest BCUT2D eigenvalue weighted by Gasteiger charge is -2.24. The van der Waals surface area contributed by atoms with Gasteiger partial charge in [0.15, 0.2) is 0 Å². The molecule has 3 nitrogen and oxygen atoms in total. The summed E-state index contributed by atoms with van der Waals surface area (Å²) in [6, 6.07) is 51.8. The lowest BCUT2D eigenvalue weighted by molar-refractivity contribution is 0.785. The highest BCUT2D eigenvalue weighted by Gasteiger charge is 2.24. The predicted molar refractivity (Wildman–Crippen MR) is 185 cm³/mol. The molecule has 0 atom stereocenters. The third kappa shape index (κ3) is 5.41. The van der Waals surface area contributed by atoms with Crippen LogP contribution in [-0.2, 0) is 0 Å². The van der Waals surface area contributed by atoms with E-state index in [0.29, 0.717) is 0 Å². The number of para-hydroxylation sites is 1. The second kappa shape index (κ2) is 11.8. The molecule has 7 aromatic rings. The summed E-state index contributed by atoms with van der Waals surface area (Å²) < 4.78 is 0. The lowest BCUT2D eigenvalue weighted by Crippen LogP contribution is -2.22. The van der Waals surface area contributed by atoms with Crippen LogP contribution in [0.3, 0.4) is 0 Å². The maximum absolute atomic E-state index is 5.34. The summed E-state index contributed by atoms with van der Waals surface area (Å²) in [7, 11) is -0.856. The Morgan fingerprint density at radius 1 is 0.558 bits per heavy atom. The van der Waals surface area contributed by atoms with Gasteiger partial charge in [0.25, 0.3) is 0 Å². The van der Waals surface area contributed by atoms with Gasteiger partial charge >= 0.3 is 0 Å². The standard InChI is InChI=1S/C39H32N3P/c1-27(2)39-41-35-26-30(40-29-15-6-3-7-16-29)23-24-34(35)38(42-39)37-33-21-13-12-14-28(33)22-25-36(37)43(31-17-8-4-9-18-31)32-19-10-5-11-20-32/h3-27,40H,1-2H3. The minimum Gasteiger partial charge on any atom is -0.355 e. The molecule has 43 heavy (non-hydrogen) atoms. The van der Waals surface area contributed by atoms with E-state index in [0.717, 1.165) is 33.8 Å². The number of fused-ring (bicyclic) bond motifs is 2. The van der Waals surface area contributed by atoms with E-state index in [-0.39, 0.29) is 5.92 Å². The molecule has 1 aromatic heterocycles. The van der Waals surface area contributed by atoms with Crippen molar-refractivity contribution in [1.82, 2.24) is 9.97 Å². The molecular formula is C39H32N3P. The molecule has 0 saturated heterocycles. The van der Waals surface area contributed by atoms with E-state index in [4.69, 9.17) is 9.97 Å². The number of nitrogens with zero attached hydrogens (tertiary/aromatic N) is 2. The highest BCUT2D eigenvalue weighted by molar-refractivity contribution is 7.80.